The fourth-order valence-corrected chi connectivity index (χ4v) is 6.48. The molecule has 1 saturated carbocycles. The van der Waals surface area contributed by atoms with E-state index >= 15 is 0 Å². The second-order valence-electron chi connectivity index (χ2n) is 8.88. The first-order valence-electron chi connectivity index (χ1n) is 11.4. The molecule has 4 rings (SSSR count). The molecule has 1 spiro atoms. The van der Waals surface area contributed by atoms with Crippen LogP contribution >= 0.6 is 45.8 Å². The first-order chi connectivity index (χ1) is 16.7. The number of allylic oxidation sites excluding steroid dienone is 2. The number of halogens is 3. The molecule has 3 N–H and O–H groups in total. The van der Waals surface area contributed by atoms with Crippen LogP contribution < -0.4 is 10.6 Å². The quantitative estimate of drug-likeness (QED) is 0.335. The van der Waals surface area contributed by atoms with E-state index in [9.17, 15) is 19.5 Å². The summed E-state index contributed by atoms with van der Waals surface area (Å²) in [4.78, 5) is 41.3. The number of nitrogens with zero attached hydrogens (tertiary/aromatic N) is 1. The second-order valence-corrected chi connectivity index (χ2v) is 10.8. The van der Waals surface area contributed by atoms with Crippen molar-refractivity contribution in [1.29, 1.82) is 0 Å². The number of carbonyl (C=O) groups excluding carboxylic acids is 2. The number of carboxylic acid groups (broad SMARTS) is 1. The molecule has 0 radical (unpaired) electrons. The molecule has 1 amide bonds. The summed E-state index contributed by atoms with van der Waals surface area (Å²) in [5.41, 5.74) is 1.66. The highest BCUT2D eigenvalue weighted by molar-refractivity contribution is 14.1. The maximum absolute atomic E-state index is 12.8. The Morgan fingerprint density at radius 2 is 1.66 bits per heavy atom. The van der Waals surface area contributed by atoms with Gasteiger partial charge in [-0.15, -0.1) is 0 Å². The number of amides is 1. The lowest BCUT2D eigenvalue weighted by Gasteiger charge is -2.43. The Bertz CT molecular complexity index is 1170. The van der Waals surface area contributed by atoms with Crippen molar-refractivity contribution in [3.63, 3.8) is 0 Å². The molecule has 2 aromatic rings. The fourth-order valence-electron chi connectivity index (χ4n) is 4.75. The Kier molecular flexibility index (Phi) is 8.02. The van der Waals surface area contributed by atoms with E-state index in [4.69, 9.17) is 23.2 Å². The maximum atomic E-state index is 12.8. The zero-order chi connectivity index (χ0) is 25.2. The van der Waals surface area contributed by atoms with Crippen LogP contribution in [0.2, 0.25) is 10.0 Å². The minimum atomic E-state index is -0.982. The van der Waals surface area contributed by atoms with E-state index in [1.807, 2.05) is 22.6 Å². The first kappa shape index (κ1) is 25.9. The van der Waals surface area contributed by atoms with Gasteiger partial charge in [-0.1, -0.05) is 61.0 Å². The summed E-state index contributed by atoms with van der Waals surface area (Å²) in [5, 5.41) is 16.1. The van der Waals surface area contributed by atoms with Crippen LogP contribution in [-0.2, 0) is 16.0 Å². The van der Waals surface area contributed by atoms with Crippen molar-refractivity contribution in [3.05, 3.63) is 67.1 Å². The third kappa shape index (κ3) is 5.34. The van der Waals surface area contributed by atoms with Gasteiger partial charge < -0.3 is 15.7 Å². The van der Waals surface area contributed by atoms with Gasteiger partial charge >= 0.3 is 5.97 Å². The van der Waals surface area contributed by atoms with Gasteiger partial charge in [0, 0.05) is 30.2 Å². The van der Waals surface area contributed by atoms with Crippen LogP contribution in [0.5, 0.6) is 0 Å². The van der Waals surface area contributed by atoms with Crippen molar-refractivity contribution in [2.45, 2.75) is 51.0 Å². The average molecular weight is 628 g/mol. The molecule has 35 heavy (non-hydrogen) atoms. The zero-order valence-corrected chi connectivity index (χ0v) is 22.4. The molecule has 7 nitrogen and oxygen atoms in total. The van der Waals surface area contributed by atoms with E-state index in [1.54, 1.807) is 24.3 Å². The lowest BCUT2D eigenvalue weighted by atomic mass is 9.66. The number of anilines is 1. The van der Waals surface area contributed by atoms with Gasteiger partial charge in [-0.3, -0.25) is 14.6 Å². The summed E-state index contributed by atoms with van der Waals surface area (Å²) in [6.45, 7) is 0. The largest absolute Gasteiger partial charge is 0.480 e. The van der Waals surface area contributed by atoms with Crippen molar-refractivity contribution in [2.24, 2.45) is 5.41 Å². The number of ketones is 1. The van der Waals surface area contributed by atoms with Crippen LogP contribution in [0, 0.1) is 5.41 Å². The van der Waals surface area contributed by atoms with Crippen LogP contribution in [0.4, 0.5) is 5.69 Å². The van der Waals surface area contributed by atoms with E-state index in [-0.39, 0.29) is 27.8 Å². The number of pyridine rings is 1. The lowest BCUT2D eigenvalue weighted by Crippen LogP contribution is -2.52. The third-order valence-corrected chi connectivity index (χ3v) is 8.24. The minimum absolute atomic E-state index is 0.132. The van der Waals surface area contributed by atoms with E-state index < -0.39 is 23.3 Å². The smallest absolute Gasteiger partial charge is 0.326 e. The Hall–Kier alpha value is -2.17. The Balaban J connectivity index is 1.45. The molecule has 0 saturated heterocycles. The van der Waals surface area contributed by atoms with Gasteiger partial charge in [0.15, 0.2) is 5.78 Å². The summed E-state index contributed by atoms with van der Waals surface area (Å²) in [6, 6.07) is 6.03. The molecule has 1 fully saturated rings. The van der Waals surface area contributed by atoms with Gasteiger partial charge in [-0.2, -0.15) is 0 Å². The number of aromatic nitrogens is 1. The number of carboxylic acids is 1. The third-order valence-electron chi connectivity index (χ3n) is 6.64. The number of nitrogens with one attached hydrogen (secondary N) is 2. The van der Waals surface area contributed by atoms with Gasteiger partial charge in [0.25, 0.3) is 5.91 Å². The lowest BCUT2D eigenvalue weighted by molar-refractivity contribution is -0.140. The minimum Gasteiger partial charge on any atom is -0.480 e. The Morgan fingerprint density at radius 3 is 2.23 bits per heavy atom. The van der Waals surface area contributed by atoms with Crippen molar-refractivity contribution in [1.82, 2.24) is 10.3 Å². The van der Waals surface area contributed by atoms with Gasteiger partial charge in [0.05, 0.1) is 24.6 Å². The molecule has 10 heteroatoms. The highest BCUT2D eigenvalue weighted by Crippen LogP contribution is 2.52. The summed E-state index contributed by atoms with van der Waals surface area (Å²) < 4.78 is 0.613. The van der Waals surface area contributed by atoms with Crippen molar-refractivity contribution in [3.8, 4) is 0 Å². The van der Waals surface area contributed by atoms with Gasteiger partial charge in [0.1, 0.15) is 6.04 Å². The standard InChI is InChI=1S/C25H24Cl2IN3O4/c26-16-12-29-13-17(27)19(16)23(33)30-15-7-5-14(6-8-15)11-18(24(34)35)31-21-20(28)22(32)25(21)9-3-1-2-4-10-25/h5-8,12-13,18,31H,1-4,9-11H2,(H,30,33)(H,34,35)/t18-/m0/s1. The molecule has 2 aliphatic rings. The number of aliphatic carboxylic acids is 1. The van der Waals surface area contributed by atoms with Gasteiger partial charge in [0.2, 0.25) is 0 Å². The van der Waals surface area contributed by atoms with Crippen LogP contribution in [-0.4, -0.2) is 33.8 Å². The normalized spacial score (nSPS) is 18.0. The Labute approximate surface area is 226 Å². The topological polar surface area (TPSA) is 108 Å². The van der Waals surface area contributed by atoms with E-state index in [0.717, 1.165) is 49.8 Å². The van der Waals surface area contributed by atoms with Crippen LogP contribution in [0.3, 0.4) is 0 Å². The molecule has 0 unspecified atom stereocenters. The van der Waals surface area contributed by atoms with E-state index in [2.05, 4.69) is 15.6 Å². The monoisotopic (exact) mass is 627 g/mol. The molecular formula is C25H24Cl2IN3O4. The fraction of sp³-hybridized carbons (Fsp3) is 0.360. The van der Waals surface area contributed by atoms with E-state index in [0.29, 0.717) is 9.27 Å². The molecule has 184 valence electrons. The predicted molar refractivity (Wildman–Crippen MR) is 143 cm³/mol. The van der Waals surface area contributed by atoms with Crippen LogP contribution in [0.15, 0.2) is 45.9 Å². The number of rotatable bonds is 7. The zero-order valence-electron chi connectivity index (χ0n) is 18.7. The highest BCUT2D eigenvalue weighted by Gasteiger charge is 2.53. The van der Waals surface area contributed by atoms with Crippen molar-refractivity contribution < 1.29 is 19.5 Å². The predicted octanol–water partition coefficient (Wildman–Crippen LogP) is 5.80. The van der Waals surface area contributed by atoms with Gasteiger partial charge in [-0.25, -0.2) is 4.79 Å². The number of Topliss-reactive ketones (excluding diaryl/α,β-unsaturated/α-hetero) is 1. The molecular weight excluding hydrogens is 604 g/mol. The molecule has 0 bridgehead atoms. The van der Waals surface area contributed by atoms with Crippen molar-refractivity contribution >= 4 is 69.1 Å². The average Bonchev–Trinajstić information content (AvgIpc) is 3.10. The first-order valence-corrected chi connectivity index (χ1v) is 13.2. The molecule has 0 aliphatic heterocycles. The molecule has 1 heterocycles. The summed E-state index contributed by atoms with van der Waals surface area (Å²) in [5.74, 6) is -1.31. The van der Waals surface area contributed by atoms with Gasteiger partial charge in [-0.05, 0) is 53.1 Å². The molecule has 1 aromatic carbocycles. The molecule has 2 aliphatic carbocycles. The summed E-state index contributed by atoms with van der Waals surface area (Å²) in [6.07, 6.45) is 8.60. The number of benzene rings is 1. The van der Waals surface area contributed by atoms with E-state index in [1.165, 1.54) is 12.4 Å². The number of carbonyl (C=O) groups is 3. The van der Waals surface area contributed by atoms with Crippen LogP contribution in [0.1, 0.15) is 54.4 Å². The second kappa shape index (κ2) is 10.8. The number of hydrogen-bond acceptors (Lipinski definition) is 5. The van der Waals surface area contributed by atoms with Crippen molar-refractivity contribution in [2.75, 3.05) is 5.32 Å². The molecule has 1 atom stereocenters. The molecule has 1 aromatic heterocycles. The summed E-state index contributed by atoms with van der Waals surface area (Å²) >= 11 is 14.1. The Morgan fingerprint density at radius 1 is 1.06 bits per heavy atom. The summed E-state index contributed by atoms with van der Waals surface area (Å²) in [7, 11) is 0. The maximum Gasteiger partial charge on any atom is 0.326 e. The van der Waals surface area contributed by atoms with Crippen LogP contribution in [0.25, 0.3) is 0 Å². The number of hydrogen-bond donors (Lipinski definition) is 3. The highest BCUT2D eigenvalue weighted by atomic mass is 127. The SMILES string of the molecule is O=C(Nc1ccc(C[C@H](NC2=C(I)C(=O)C23CCCCCC3)C(=O)O)cc1)c1c(Cl)cncc1Cl.